The molecule has 1 rings (SSSR count). The van der Waals surface area contributed by atoms with Crippen molar-refractivity contribution in [2.24, 2.45) is 0 Å². The predicted octanol–water partition coefficient (Wildman–Crippen LogP) is 3.10. The van der Waals surface area contributed by atoms with Gasteiger partial charge in [-0.2, -0.15) is 0 Å². The molecular weight excluding hydrogens is 224 g/mol. The Bertz CT molecular complexity index is 370. The van der Waals surface area contributed by atoms with Crippen molar-refractivity contribution in [1.82, 2.24) is 0 Å². The van der Waals surface area contributed by atoms with E-state index in [1.54, 1.807) is 6.92 Å². The summed E-state index contributed by atoms with van der Waals surface area (Å²) in [6.45, 7) is 7.55. The Hall–Kier alpha value is -1.42. The first kappa shape index (κ1) is 12.6. The van der Waals surface area contributed by atoms with Crippen molar-refractivity contribution in [3.05, 3.63) is 42.2 Å². The number of ether oxygens (including phenoxy) is 1. The molecule has 0 aliphatic carbocycles. The maximum absolute atomic E-state index is 11.2. The average Bonchev–Trinajstić information content (AvgIpc) is 2.28. The van der Waals surface area contributed by atoms with E-state index in [1.165, 1.54) is 5.56 Å². The quantitative estimate of drug-likeness (QED) is 0.342. The van der Waals surface area contributed by atoms with E-state index in [2.05, 4.69) is 6.58 Å². The van der Waals surface area contributed by atoms with Crippen LogP contribution in [0.5, 0.6) is 0 Å². The topological polar surface area (TPSA) is 35.5 Å². The van der Waals surface area contributed by atoms with Crippen LogP contribution in [0.3, 0.4) is 0 Å². The van der Waals surface area contributed by atoms with E-state index in [9.17, 15) is 4.79 Å². The van der Waals surface area contributed by atoms with Crippen molar-refractivity contribution in [2.45, 2.75) is 18.7 Å². The van der Waals surface area contributed by atoms with Gasteiger partial charge in [-0.25, -0.2) is 4.79 Å². The van der Waals surface area contributed by atoms with E-state index in [-0.39, 0.29) is 5.76 Å². The Balaban J connectivity index is 2.42. The maximum atomic E-state index is 11.2. The first-order chi connectivity index (χ1) is 7.63. The van der Waals surface area contributed by atoms with Gasteiger partial charge in [-0.3, -0.25) is 0 Å². The predicted molar refractivity (Wildman–Crippen MR) is 63.9 cm³/mol. The van der Waals surface area contributed by atoms with Crippen LogP contribution in [0.4, 0.5) is 0 Å². The van der Waals surface area contributed by atoms with Crippen LogP contribution in [0.25, 0.3) is 0 Å². The molecule has 1 aromatic rings. The van der Waals surface area contributed by atoms with Crippen LogP contribution < -0.4 is 0 Å². The third-order valence-corrected chi connectivity index (χ3v) is 2.51. The van der Waals surface area contributed by atoms with Gasteiger partial charge in [0.05, 0.1) is 18.6 Å². The van der Waals surface area contributed by atoms with Crippen molar-refractivity contribution >= 4 is 18.0 Å². The molecule has 0 radical (unpaired) electrons. The summed E-state index contributed by atoms with van der Waals surface area (Å²) in [5.41, 5.74) is 1.17. The van der Waals surface area contributed by atoms with Crippen molar-refractivity contribution in [2.75, 3.05) is 6.61 Å². The third-order valence-electron chi connectivity index (χ3n) is 1.76. The number of aryl methyl sites for hydroxylation is 1. The Morgan fingerprint density at radius 2 is 2.00 bits per heavy atom. The van der Waals surface area contributed by atoms with E-state index in [0.717, 1.165) is 16.9 Å². The lowest BCUT2D eigenvalue weighted by atomic mass is 10.2. The highest BCUT2D eigenvalue weighted by Gasteiger charge is 2.09. The lowest BCUT2D eigenvalue weighted by Crippen LogP contribution is -2.06. The molecular formula is C12H14O3S. The van der Waals surface area contributed by atoms with Gasteiger partial charge in [-0.1, -0.05) is 17.7 Å². The Labute approximate surface area is 99.7 Å². The molecule has 16 heavy (non-hydrogen) atoms. The number of carbonyl (C=O) groups excluding carboxylic acids is 1. The van der Waals surface area contributed by atoms with Crippen molar-refractivity contribution in [3.8, 4) is 0 Å². The van der Waals surface area contributed by atoms with E-state index in [0.29, 0.717) is 6.61 Å². The fourth-order valence-corrected chi connectivity index (χ4v) is 1.45. The number of benzene rings is 1. The molecule has 0 fully saturated rings. The maximum Gasteiger partial charge on any atom is 0.374 e. The zero-order valence-corrected chi connectivity index (χ0v) is 10.2. The lowest BCUT2D eigenvalue weighted by Gasteiger charge is -2.06. The van der Waals surface area contributed by atoms with Crippen LogP contribution in [0, 0.1) is 6.92 Å². The minimum absolute atomic E-state index is 0.00688. The van der Waals surface area contributed by atoms with Gasteiger partial charge in [0.1, 0.15) is 0 Å². The lowest BCUT2D eigenvalue weighted by molar-refractivity contribution is -0.140. The Morgan fingerprint density at radius 3 is 2.56 bits per heavy atom. The van der Waals surface area contributed by atoms with Gasteiger partial charge < -0.3 is 8.92 Å². The SMILES string of the molecule is C=C(OSc1ccc(C)cc1)C(=O)OCC. The van der Waals surface area contributed by atoms with Gasteiger partial charge in [0.15, 0.2) is 0 Å². The molecule has 4 heteroatoms. The molecule has 0 N–H and O–H groups in total. The van der Waals surface area contributed by atoms with Crippen molar-refractivity contribution < 1.29 is 13.7 Å². The van der Waals surface area contributed by atoms with Crippen LogP contribution >= 0.6 is 12.0 Å². The van der Waals surface area contributed by atoms with Gasteiger partial charge in [-0.05, 0) is 32.6 Å². The van der Waals surface area contributed by atoms with Gasteiger partial charge in [0.25, 0.3) is 0 Å². The highest BCUT2D eigenvalue weighted by Crippen LogP contribution is 2.22. The smallest absolute Gasteiger partial charge is 0.374 e. The number of esters is 1. The van der Waals surface area contributed by atoms with Crippen LogP contribution in [0.1, 0.15) is 12.5 Å². The second-order valence-electron chi connectivity index (χ2n) is 3.12. The number of carbonyl (C=O) groups is 1. The molecule has 0 unspecified atom stereocenters. The van der Waals surface area contributed by atoms with Gasteiger partial charge in [-0.15, -0.1) is 0 Å². The van der Waals surface area contributed by atoms with E-state index in [1.807, 2.05) is 31.2 Å². The molecule has 0 heterocycles. The number of hydrogen-bond donors (Lipinski definition) is 0. The normalized spacial score (nSPS) is 9.62. The molecule has 0 aromatic heterocycles. The molecule has 0 saturated heterocycles. The molecule has 86 valence electrons. The van der Waals surface area contributed by atoms with Crippen LogP contribution in [0.15, 0.2) is 41.5 Å². The summed E-state index contributed by atoms with van der Waals surface area (Å²) in [5.74, 6) is -0.519. The van der Waals surface area contributed by atoms with Crippen LogP contribution in [0.2, 0.25) is 0 Å². The van der Waals surface area contributed by atoms with Gasteiger partial charge >= 0.3 is 5.97 Å². The summed E-state index contributed by atoms with van der Waals surface area (Å²) in [5, 5.41) is 0. The Morgan fingerprint density at radius 1 is 1.38 bits per heavy atom. The third kappa shape index (κ3) is 3.98. The highest BCUT2D eigenvalue weighted by molar-refractivity contribution is 7.94. The van der Waals surface area contributed by atoms with Crippen LogP contribution in [-0.2, 0) is 13.7 Å². The summed E-state index contributed by atoms with van der Waals surface area (Å²) in [7, 11) is 0. The van der Waals surface area contributed by atoms with E-state index < -0.39 is 5.97 Å². The molecule has 3 nitrogen and oxygen atoms in total. The molecule has 0 spiro atoms. The molecule has 0 saturated carbocycles. The fraction of sp³-hybridized carbons (Fsp3) is 0.250. The summed E-state index contributed by atoms with van der Waals surface area (Å²) in [4.78, 5) is 12.1. The molecule has 1 aromatic carbocycles. The highest BCUT2D eigenvalue weighted by atomic mass is 32.2. The molecule has 0 amide bonds. The second-order valence-corrected chi connectivity index (χ2v) is 3.93. The minimum Gasteiger partial charge on any atom is -0.460 e. The second kappa shape index (κ2) is 6.23. The van der Waals surface area contributed by atoms with E-state index in [4.69, 9.17) is 8.92 Å². The summed E-state index contributed by atoms with van der Waals surface area (Å²) in [6, 6.07) is 7.77. The molecule has 0 aliphatic rings. The fourth-order valence-electron chi connectivity index (χ4n) is 0.938. The largest absolute Gasteiger partial charge is 0.460 e. The first-order valence-corrected chi connectivity index (χ1v) is 5.65. The van der Waals surface area contributed by atoms with Gasteiger partial charge in [0, 0.05) is 4.90 Å². The summed E-state index contributed by atoms with van der Waals surface area (Å²) in [6.07, 6.45) is 0. The molecule has 0 bridgehead atoms. The molecule has 0 atom stereocenters. The zero-order chi connectivity index (χ0) is 12.0. The number of rotatable bonds is 5. The van der Waals surface area contributed by atoms with Crippen molar-refractivity contribution in [1.29, 1.82) is 0 Å². The molecule has 0 aliphatic heterocycles. The van der Waals surface area contributed by atoms with Gasteiger partial charge in [0.2, 0.25) is 5.76 Å². The number of hydrogen-bond acceptors (Lipinski definition) is 4. The summed E-state index contributed by atoms with van der Waals surface area (Å²) >= 11 is 1.09. The van der Waals surface area contributed by atoms with E-state index >= 15 is 0 Å². The zero-order valence-electron chi connectivity index (χ0n) is 9.36. The Kier molecular flexibility index (Phi) is 4.92. The monoisotopic (exact) mass is 238 g/mol. The van der Waals surface area contributed by atoms with Crippen molar-refractivity contribution in [3.63, 3.8) is 0 Å². The average molecular weight is 238 g/mol. The minimum atomic E-state index is -0.526. The standard InChI is InChI=1S/C12H14O3S/c1-4-14-12(13)10(3)15-16-11-7-5-9(2)6-8-11/h5-8H,3-4H2,1-2H3. The first-order valence-electron chi connectivity index (χ1n) is 4.90. The summed E-state index contributed by atoms with van der Waals surface area (Å²) < 4.78 is 9.86. The van der Waals surface area contributed by atoms with Crippen LogP contribution in [-0.4, -0.2) is 12.6 Å².